The highest BCUT2D eigenvalue weighted by molar-refractivity contribution is 5.93. The van der Waals surface area contributed by atoms with Crippen molar-refractivity contribution in [2.24, 2.45) is 0 Å². The standard InChI is InChI=1S/C12H11NO3/c14-8-3-5-12(6-4-8)9-2-1-7-13-10(9)11(15)16-12/h1-2,7H,3-6H2. The number of ketones is 1. The van der Waals surface area contributed by atoms with Gasteiger partial charge in [0.2, 0.25) is 0 Å². The van der Waals surface area contributed by atoms with Gasteiger partial charge < -0.3 is 4.74 Å². The quantitative estimate of drug-likeness (QED) is 0.619. The highest BCUT2D eigenvalue weighted by Gasteiger charge is 2.48. The lowest BCUT2D eigenvalue weighted by atomic mass is 9.80. The Balaban J connectivity index is 2.05. The van der Waals surface area contributed by atoms with Crippen LogP contribution in [0.15, 0.2) is 18.3 Å². The van der Waals surface area contributed by atoms with Crippen molar-refractivity contribution in [3.63, 3.8) is 0 Å². The number of carbonyl (C=O) groups excluding carboxylic acids is 2. The van der Waals surface area contributed by atoms with Crippen LogP contribution in [0.2, 0.25) is 0 Å². The van der Waals surface area contributed by atoms with Crippen molar-refractivity contribution in [2.45, 2.75) is 31.3 Å². The van der Waals surface area contributed by atoms with Gasteiger partial charge in [-0.3, -0.25) is 4.79 Å². The van der Waals surface area contributed by atoms with E-state index >= 15 is 0 Å². The van der Waals surface area contributed by atoms with Crippen LogP contribution in [-0.2, 0) is 15.1 Å². The first-order valence-electron chi connectivity index (χ1n) is 5.42. The zero-order valence-electron chi connectivity index (χ0n) is 8.73. The minimum Gasteiger partial charge on any atom is -0.449 e. The lowest BCUT2D eigenvalue weighted by Crippen LogP contribution is -2.32. The molecular formula is C12H11NO3. The molecule has 4 heteroatoms. The Hall–Kier alpha value is -1.71. The number of esters is 1. The fourth-order valence-electron chi connectivity index (χ4n) is 2.52. The lowest BCUT2D eigenvalue weighted by molar-refractivity contribution is -0.125. The molecule has 82 valence electrons. The van der Waals surface area contributed by atoms with E-state index < -0.39 is 5.60 Å². The number of rotatable bonds is 0. The van der Waals surface area contributed by atoms with Gasteiger partial charge in [-0.05, 0) is 18.9 Å². The van der Waals surface area contributed by atoms with Crippen LogP contribution in [0.3, 0.4) is 0 Å². The first-order chi connectivity index (χ1) is 7.71. The molecule has 0 radical (unpaired) electrons. The van der Waals surface area contributed by atoms with Crippen molar-refractivity contribution < 1.29 is 14.3 Å². The largest absolute Gasteiger partial charge is 0.449 e. The Morgan fingerprint density at radius 1 is 1.25 bits per heavy atom. The van der Waals surface area contributed by atoms with Crippen LogP contribution in [0.25, 0.3) is 0 Å². The number of fused-ring (bicyclic) bond motifs is 2. The monoisotopic (exact) mass is 217 g/mol. The molecule has 2 heterocycles. The Labute approximate surface area is 92.6 Å². The second-order valence-corrected chi connectivity index (χ2v) is 4.32. The van der Waals surface area contributed by atoms with Crippen LogP contribution in [0.1, 0.15) is 41.7 Å². The number of pyridine rings is 1. The van der Waals surface area contributed by atoms with Gasteiger partial charge in [0.25, 0.3) is 0 Å². The van der Waals surface area contributed by atoms with E-state index in [-0.39, 0.29) is 11.8 Å². The van der Waals surface area contributed by atoms with Crippen molar-refractivity contribution >= 4 is 11.8 Å². The van der Waals surface area contributed by atoms with Crippen molar-refractivity contribution in [1.82, 2.24) is 4.98 Å². The van der Waals surface area contributed by atoms with Gasteiger partial charge in [-0.15, -0.1) is 0 Å². The van der Waals surface area contributed by atoms with Gasteiger partial charge in [-0.1, -0.05) is 6.07 Å². The minimum absolute atomic E-state index is 0.249. The number of hydrogen-bond acceptors (Lipinski definition) is 4. The molecule has 3 rings (SSSR count). The van der Waals surface area contributed by atoms with Crippen LogP contribution in [0.5, 0.6) is 0 Å². The topological polar surface area (TPSA) is 56.3 Å². The van der Waals surface area contributed by atoms with Crippen molar-refractivity contribution in [3.8, 4) is 0 Å². The molecule has 0 aromatic carbocycles. The highest BCUT2D eigenvalue weighted by atomic mass is 16.6. The van der Waals surface area contributed by atoms with Gasteiger partial charge in [0.05, 0.1) is 0 Å². The maximum absolute atomic E-state index is 11.7. The summed E-state index contributed by atoms with van der Waals surface area (Å²) < 4.78 is 5.45. The summed E-state index contributed by atoms with van der Waals surface area (Å²) in [4.78, 5) is 26.9. The van der Waals surface area contributed by atoms with Crippen LogP contribution in [0, 0.1) is 0 Å². The average molecular weight is 217 g/mol. The molecular weight excluding hydrogens is 206 g/mol. The zero-order chi connectivity index (χ0) is 11.2. The third-order valence-corrected chi connectivity index (χ3v) is 3.40. The fourth-order valence-corrected chi connectivity index (χ4v) is 2.52. The van der Waals surface area contributed by atoms with Gasteiger partial charge in [0, 0.05) is 24.6 Å². The summed E-state index contributed by atoms with van der Waals surface area (Å²) in [6.45, 7) is 0. The second kappa shape index (κ2) is 3.14. The number of Topliss-reactive ketones (excluding diaryl/α,β-unsaturated/α-hetero) is 1. The van der Waals surface area contributed by atoms with Crippen molar-refractivity contribution in [3.05, 3.63) is 29.6 Å². The van der Waals surface area contributed by atoms with Gasteiger partial charge in [0.15, 0.2) is 5.69 Å². The van der Waals surface area contributed by atoms with E-state index in [1.807, 2.05) is 6.07 Å². The Morgan fingerprint density at radius 3 is 2.75 bits per heavy atom. The van der Waals surface area contributed by atoms with Gasteiger partial charge in [0.1, 0.15) is 11.4 Å². The Kier molecular flexibility index (Phi) is 1.87. The van der Waals surface area contributed by atoms with E-state index in [9.17, 15) is 9.59 Å². The van der Waals surface area contributed by atoms with E-state index in [1.165, 1.54) is 0 Å². The lowest BCUT2D eigenvalue weighted by Gasteiger charge is -2.31. The average Bonchev–Trinajstić information content (AvgIpc) is 2.58. The highest BCUT2D eigenvalue weighted by Crippen LogP contribution is 2.45. The smallest absolute Gasteiger partial charge is 0.358 e. The van der Waals surface area contributed by atoms with Crippen molar-refractivity contribution in [2.75, 3.05) is 0 Å². The molecule has 2 aliphatic rings. The molecule has 1 saturated carbocycles. The molecule has 0 amide bonds. The van der Waals surface area contributed by atoms with Crippen LogP contribution in [-0.4, -0.2) is 16.7 Å². The minimum atomic E-state index is -0.575. The predicted octanol–water partition coefficient (Wildman–Crippen LogP) is 1.59. The Morgan fingerprint density at radius 2 is 2.00 bits per heavy atom. The maximum atomic E-state index is 11.7. The number of aromatic nitrogens is 1. The number of nitrogens with zero attached hydrogens (tertiary/aromatic N) is 1. The van der Waals surface area contributed by atoms with E-state index in [2.05, 4.69) is 4.98 Å². The molecule has 1 spiro atoms. The zero-order valence-corrected chi connectivity index (χ0v) is 8.73. The van der Waals surface area contributed by atoms with E-state index in [4.69, 9.17) is 4.74 Å². The van der Waals surface area contributed by atoms with Gasteiger partial charge in [-0.25, -0.2) is 9.78 Å². The summed E-state index contributed by atoms with van der Waals surface area (Å²) in [7, 11) is 0. The third kappa shape index (κ3) is 1.19. The van der Waals surface area contributed by atoms with E-state index in [0.717, 1.165) is 5.56 Å². The first-order valence-corrected chi connectivity index (χ1v) is 5.42. The predicted molar refractivity (Wildman–Crippen MR) is 54.8 cm³/mol. The molecule has 1 aliphatic carbocycles. The molecule has 4 nitrogen and oxygen atoms in total. The maximum Gasteiger partial charge on any atom is 0.358 e. The molecule has 1 aromatic rings. The molecule has 1 aromatic heterocycles. The van der Waals surface area contributed by atoms with Gasteiger partial charge >= 0.3 is 5.97 Å². The van der Waals surface area contributed by atoms with E-state index in [0.29, 0.717) is 31.4 Å². The summed E-state index contributed by atoms with van der Waals surface area (Å²) in [5.41, 5.74) is 0.693. The fraction of sp³-hybridized carbons (Fsp3) is 0.417. The van der Waals surface area contributed by atoms with Crippen LogP contribution < -0.4 is 0 Å². The Bertz CT molecular complexity index is 471. The normalized spacial score (nSPS) is 22.0. The summed E-state index contributed by atoms with van der Waals surface area (Å²) >= 11 is 0. The molecule has 0 saturated heterocycles. The molecule has 0 N–H and O–H groups in total. The summed E-state index contributed by atoms with van der Waals surface area (Å²) in [6.07, 6.45) is 3.75. The number of carbonyl (C=O) groups is 2. The molecule has 1 aliphatic heterocycles. The van der Waals surface area contributed by atoms with Crippen LogP contribution >= 0.6 is 0 Å². The third-order valence-electron chi connectivity index (χ3n) is 3.40. The van der Waals surface area contributed by atoms with E-state index in [1.54, 1.807) is 12.3 Å². The molecule has 0 bridgehead atoms. The molecule has 0 atom stereocenters. The summed E-state index contributed by atoms with van der Waals surface area (Å²) in [6, 6.07) is 3.68. The van der Waals surface area contributed by atoms with Crippen molar-refractivity contribution in [1.29, 1.82) is 0 Å². The SMILES string of the molecule is O=C1CCC2(CC1)OC(=O)c1ncccc12. The molecule has 0 unspecified atom stereocenters. The van der Waals surface area contributed by atoms with Gasteiger partial charge in [-0.2, -0.15) is 0 Å². The van der Waals surface area contributed by atoms with Crippen LogP contribution in [0.4, 0.5) is 0 Å². The second-order valence-electron chi connectivity index (χ2n) is 4.32. The molecule has 1 fully saturated rings. The summed E-state index contributed by atoms with van der Waals surface area (Å²) in [5.74, 6) is -0.107. The first kappa shape index (κ1) is 9.51. The summed E-state index contributed by atoms with van der Waals surface area (Å²) in [5, 5.41) is 0. The molecule has 16 heavy (non-hydrogen) atoms. The number of hydrogen-bond donors (Lipinski definition) is 0. The number of ether oxygens (including phenoxy) is 1.